The predicted molar refractivity (Wildman–Crippen MR) is 74.7 cm³/mol. The van der Waals surface area contributed by atoms with E-state index >= 15 is 0 Å². The Bertz CT molecular complexity index is 285. The third-order valence-electron chi connectivity index (χ3n) is 2.31. The lowest BCUT2D eigenvalue weighted by atomic mass is 10.3. The van der Waals surface area contributed by atoms with Crippen LogP contribution in [0, 0.1) is 0 Å². The van der Waals surface area contributed by atoms with Gasteiger partial charge in [-0.25, -0.2) is 4.98 Å². The Hall–Kier alpha value is -0.900. The van der Waals surface area contributed by atoms with E-state index in [1.807, 2.05) is 43.0 Å². The molecular formula is C12H21N3S. The molecule has 0 saturated carbocycles. The molecule has 0 spiro atoms. The van der Waals surface area contributed by atoms with Crippen molar-refractivity contribution in [3.05, 3.63) is 18.3 Å². The first kappa shape index (κ1) is 13.2. The first-order chi connectivity index (χ1) is 7.74. The lowest BCUT2D eigenvalue weighted by Crippen LogP contribution is -2.10. The maximum absolute atomic E-state index is 4.35. The van der Waals surface area contributed by atoms with Crippen molar-refractivity contribution < 1.29 is 0 Å². The number of rotatable bonds is 7. The maximum Gasteiger partial charge on any atom is 0.128 e. The minimum Gasteiger partial charge on any atom is -0.384 e. The summed E-state index contributed by atoms with van der Waals surface area (Å²) in [4.78, 5) is 6.35. The Balaban J connectivity index is 2.27. The summed E-state index contributed by atoms with van der Waals surface area (Å²) in [6.07, 6.45) is 6.54. The number of unbranched alkanes of at least 4 members (excludes halogenated alkanes) is 1. The lowest BCUT2D eigenvalue weighted by Gasteiger charge is -2.12. The van der Waals surface area contributed by atoms with Crippen LogP contribution in [0.3, 0.4) is 0 Å². The molecule has 1 heterocycles. The van der Waals surface area contributed by atoms with Gasteiger partial charge in [-0.15, -0.1) is 0 Å². The van der Waals surface area contributed by atoms with Gasteiger partial charge in [0.2, 0.25) is 0 Å². The highest BCUT2D eigenvalue weighted by Crippen LogP contribution is 2.11. The van der Waals surface area contributed by atoms with E-state index in [4.69, 9.17) is 0 Å². The standard InChI is InChI=1S/C12H21N3S/c1-15(2)12-7-6-11(10-14-12)13-8-4-5-9-16-3/h6-7,10,13H,4-5,8-9H2,1-3H3. The molecule has 4 heteroatoms. The van der Waals surface area contributed by atoms with Crippen molar-refractivity contribution in [1.82, 2.24) is 4.98 Å². The predicted octanol–water partition coefficient (Wildman–Crippen LogP) is 2.70. The fraction of sp³-hybridized carbons (Fsp3) is 0.583. The summed E-state index contributed by atoms with van der Waals surface area (Å²) in [6, 6.07) is 4.11. The van der Waals surface area contributed by atoms with Gasteiger partial charge in [-0.1, -0.05) is 0 Å². The molecule has 0 atom stereocenters. The van der Waals surface area contributed by atoms with Crippen LogP contribution in [0.1, 0.15) is 12.8 Å². The number of nitrogens with one attached hydrogen (secondary N) is 1. The van der Waals surface area contributed by atoms with Crippen LogP contribution in [-0.4, -0.2) is 37.6 Å². The molecule has 0 aliphatic heterocycles. The second-order valence-electron chi connectivity index (χ2n) is 3.93. The molecule has 0 aliphatic carbocycles. The van der Waals surface area contributed by atoms with Crippen LogP contribution < -0.4 is 10.2 Å². The van der Waals surface area contributed by atoms with Crippen LogP contribution in [0.2, 0.25) is 0 Å². The average Bonchev–Trinajstić information content (AvgIpc) is 2.29. The maximum atomic E-state index is 4.35. The summed E-state index contributed by atoms with van der Waals surface area (Å²) in [5.41, 5.74) is 1.11. The van der Waals surface area contributed by atoms with Gasteiger partial charge in [0.05, 0.1) is 11.9 Å². The Morgan fingerprint density at radius 1 is 1.31 bits per heavy atom. The van der Waals surface area contributed by atoms with Gasteiger partial charge < -0.3 is 10.2 Å². The smallest absolute Gasteiger partial charge is 0.128 e. The Morgan fingerprint density at radius 3 is 2.69 bits per heavy atom. The largest absolute Gasteiger partial charge is 0.384 e. The summed E-state index contributed by atoms with van der Waals surface area (Å²) in [6.45, 7) is 1.03. The zero-order valence-corrected chi connectivity index (χ0v) is 11.2. The molecule has 0 bridgehead atoms. The topological polar surface area (TPSA) is 28.2 Å². The number of aromatic nitrogens is 1. The highest BCUT2D eigenvalue weighted by molar-refractivity contribution is 7.98. The summed E-state index contributed by atoms with van der Waals surface area (Å²) >= 11 is 1.91. The zero-order chi connectivity index (χ0) is 11.8. The Kier molecular flexibility index (Phi) is 6.08. The average molecular weight is 239 g/mol. The molecule has 0 aromatic carbocycles. The highest BCUT2D eigenvalue weighted by Gasteiger charge is 1.96. The summed E-state index contributed by atoms with van der Waals surface area (Å²) < 4.78 is 0. The molecule has 0 radical (unpaired) electrons. The Morgan fingerprint density at radius 2 is 2.12 bits per heavy atom. The van der Waals surface area contributed by atoms with E-state index in [2.05, 4.69) is 22.6 Å². The fourth-order valence-electron chi connectivity index (χ4n) is 1.36. The first-order valence-electron chi connectivity index (χ1n) is 5.60. The Labute approximate surface area is 103 Å². The van der Waals surface area contributed by atoms with Crippen molar-refractivity contribution in [2.45, 2.75) is 12.8 Å². The van der Waals surface area contributed by atoms with Gasteiger partial charge in [0.1, 0.15) is 5.82 Å². The van der Waals surface area contributed by atoms with E-state index < -0.39 is 0 Å². The van der Waals surface area contributed by atoms with Crippen molar-refractivity contribution in [2.24, 2.45) is 0 Å². The van der Waals surface area contributed by atoms with Crippen LogP contribution in [0.4, 0.5) is 11.5 Å². The molecular weight excluding hydrogens is 218 g/mol. The van der Waals surface area contributed by atoms with Crippen molar-refractivity contribution in [1.29, 1.82) is 0 Å². The number of thioether (sulfide) groups is 1. The van der Waals surface area contributed by atoms with E-state index in [0.717, 1.165) is 18.1 Å². The van der Waals surface area contributed by atoms with E-state index in [-0.39, 0.29) is 0 Å². The molecule has 1 aromatic heterocycles. The van der Waals surface area contributed by atoms with Gasteiger partial charge in [-0.3, -0.25) is 0 Å². The monoisotopic (exact) mass is 239 g/mol. The second kappa shape index (κ2) is 7.39. The third kappa shape index (κ3) is 4.75. The van der Waals surface area contributed by atoms with Crippen LogP contribution >= 0.6 is 11.8 Å². The van der Waals surface area contributed by atoms with Gasteiger partial charge in [0, 0.05) is 20.6 Å². The molecule has 0 unspecified atom stereocenters. The lowest BCUT2D eigenvalue weighted by molar-refractivity contribution is 0.842. The van der Waals surface area contributed by atoms with Crippen LogP contribution in [0.15, 0.2) is 18.3 Å². The SMILES string of the molecule is CSCCCCNc1ccc(N(C)C)nc1. The molecule has 3 nitrogen and oxygen atoms in total. The zero-order valence-electron chi connectivity index (χ0n) is 10.4. The van der Waals surface area contributed by atoms with Gasteiger partial charge in [0.15, 0.2) is 0 Å². The summed E-state index contributed by atoms with van der Waals surface area (Å²) in [5, 5.41) is 3.38. The van der Waals surface area contributed by atoms with E-state index in [9.17, 15) is 0 Å². The second-order valence-corrected chi connectivity index (χ2v) is 4.91. The van der Waals surface area contributed by atoms with E-state index in [1.165, 1.54) is 18.6 Å². The van der Waals surface area contributed by atoms with Crippen LogP contribution in [0.25, 0.3) is 0 Å². The molecule has 1 N–H and O–H groups in total. The molecule has 90 valence electrons. The van der Waals surface area contributed by atoms with Gasteiger partial charge in [0.25, 0.3) is 0 Å². The van der Waals surface area contributed by atoms with Crippen LogP contribution in [-0.2, 0) is 0 Å². The number of pyridine rings is 1. The minimum absolute atomic E-state index is 0.993. The molecule has 0 fully saturated rings. The van der Waals surface area contributed by atoms with Crippen molar-refractivity contribution in [3.63, 3.8) is 0 Å². The number of nitrogens with zero attached hydrogens (tertiary/aromatic N) is 2. The van der Waals surface area contributed by atoms with Crippen molar-refractivity contribution >= 4 is 23.3 Å². The van der Waals surface area contributed by atoms with E-state index in [0.29, 0.717) is 0 Å². The van der Waals surface area contributed by atoms with Gasteiger partial charge in [-0.05, 0) is 37.0 Å². The quantitative estimate of drug-likeness (QED) is 0.741. The minimum atomic E-state index is 0.993. The summed E-state index contributed by atoms with van der Waals surface area (Å²) in [7, 11) is 4.00. The molecule has 0 aliphatic rings. The highest BCUT2D eigenvalue weighted by atomic mass is 32.2. The molecule has 16 heavy (non-hydrogen) atoms. The molecule has 1 rings (SSSR count). The number of hydrogen-bond acceptors (Lipinski definition) is 4. The first-order valence-corrected chi connectivity index (χ1v) is 6.99. The molecule has 0 amide bonds. The van der Waals surface area contributed by atoms with Crippen LogP contribution in [0.5, 0.6) is 0 Å². The third-order valence-corrected chi connectivity index (χ3v) is 3.01. The summed E-state index contributed by atoms with van der Waals surface area (Å²) in [5.74, 6) is 2.24. The fourth-order valence-corrected chi connectivity index (χ4v) is 1.85. The molecule has 1 aromatic rings. The van der Waals surface area contributed by atoms with E-state index in [1.54, 1.807) is 0 Å². The molecule has 0 saturated heterocycles. The number of hydrogen-bond donors (Lipinski definition) is 1. The van der Waals surface area contributed by atoms with Crippen molar-refractivity contribution in [3.8, 4) is 0 Å². The normalized spacial score (nSPS) is 10.2. The van der Waals surface area contributed by atoms with Crippen molar-refractivity contribution in [2.75, 3.05) is 42.9 Å². The van der Waals surface area contributed by atoms with Gasteiger partial charge >= 0.3 is 0 Å². The number of anilines is 2. The van der Waals surface area contributed by atoms with Gasteiger partial charge in [-0.2, -0.15) is 11.8 Å².